The van der Waals surface area contributed by atoms with E-state index in [1.165, 1.54) is 29.4 Å². The zero-order valence-electron chi connectivity index (χ0n) is 15.8. The number of hydrogen-bond acceptors (Lipinski definition) is 7. The lowest BCUT2D eigenvalue weighted by Gasteiger charge is -2.36. The number of amides is 1. The van der Waals surface area contributed by atoms with Crippen molar-refractivity contribution in [1.29, 1.82) is 0 Å². The minimum atomic E-state index is -3.54. The summed E-state index contributed by atoms with van der Waals surface area (Å²) in [6.45, 7) is 7.76. The number of nitrogens with two attached hydrogens (primary N) is 1. The molecule has 0 bridgehead atoms. The summed E-state index contributed by atoms with van der Waals surface area (Å²) in [6, 6.07) is 0.0367. The Morgan fingerprint density at radius 2 is 2.11 bits per heavy atom. The first-order valence-corrected chi connectivity index (χ1v) is 10.1. The molecule has 1 aliphatic rings. The van der Waals surface area contributed by atoms with Crippen molar-refractivity contribution in [3.63, 3.8) is 0 Å². The van der Waals surface area contributed by atoms with Crippen LogP contribution < -0.4 is 20.3 Å². The Labute approximate surface area is 159 Å². The molecule has 0 radical (unpaired) electrons. The van der Waals surface area contributed by atoms with Crippen LogP contribution in [-0.2, 0) is 14.8 Å². The van der Waals surface area contributed by atoms with Gasteiger partial charge in [0.25, 0.3) is 0 Å². The van der Waals surface area contributed by atoms with Crippen LogP contribution in [0.3, 0.4) is 0 Å². The van der Waals surface area contributed by atoms with E-state index >= 15 is 0 Å². The molecule has 0 atom stereocenters. The molecule has 0 saturated carbocycles. The van der Waals surface area contributed by atoms with E-state index in [1.54, 1.807) is 7.05 Å². The summed E-state index contributed by atoms with van der Waals surface area (Å²) in [4.78, 5) is 24.5. The first-order valence-electron chi connectivity index (χ1n) is 8.22. The molecular formula is C17H24N6O3S. The van der Waals surface area contributed by atoms with Gasteiger partial charge in [-0.1, -0.05) is 6.58 Å². The van der Waals surface area contributed by atoms with E-state index in [2.05, 4.69) is 21.3 Å². The number of hydrogen-bond donors (Lipinski definition) is 2. The van der Waals surface area contributed by atoms with Crippen LogP contribution >= 0.6 is 0 Å². The molecule has 146 valence electrons. The number of sulfonamides is 1. The summed E-state index contributed by atoms with van der Waals surface area (Å²) >= 11 is 0. The highest BCUT2D eigenvalue weighted by atomic mass is 32.2. The first kappa shape index (κ1) is 20.4. The highest BCUT2D eigenvalue weighted by molar-refractivity contribution is 7.88. The van der Waals surface area contributed by atoms with Crippen molar-refractivity contribution in [3.8, 4) is 0 Å². The molecule has 2 heterocycles. The molecule has 2 rings (SSSR count). The van der Waals surface area contributed by atoms with Crippen LogP contribution in [0.15, 0.2) is 36.8 Å². The lowest BCUT2D eigenvalue weighted by atomic mass is 10.1. The molecular weight excluding hydrogens is 368 g/mol. The lowest BCUT2D eigenvalue weighted by Crippen LogP contribution is -2.47. The molecule has 1 aromatic heterocycles. The van der Waals surface area contributed by atoms with E-state index in [4.69, 9.17) is 5.73 Å². The third-order valence-electron chi connectivity index (χ3n) is 3.98. The van der Waals surface area contributed by atoms with E-state index in [1.807, 2.05) is 18.7 Å². The van der Waals surface area contributed by atoms with E-state index in [0.717, 1.165) is 6.26 Å². The number of anilines is 2. The molecule has 0 saturated heterocycles. The Balaban J connectivity index is 2.68. The zero-order valence-corrected chi connectivity index (χ0v) is 16.6. The number of allylic oxidation sites excluding steroid dienone is 3. The topological polar surface area (TPSA) is 122 Å². The Kier molecular flexibility index (Phi) is 5.89. The van der Waals surface area contributed by atoms with Gasteiger partial charge in [0, 0.05) is 18.7 Å². The molecule has 0 unspecified atom stereocenters. The number of fused-ring (bicyclic) bond motifs is 1. The van der Waals surface area contributed by atoms with Crippen molar-refractivity contribution in [1.82, 2.24) is 14.7 Å². The molecule has 0 spiro atoms. The van der Waals surface area contributed by atoms with E-state index in [-0.39, 0.29) is 30.0 Å². The van der Waals surface area contributed by atoms with Gasteiger partial charge in [-0.2, -0.15) is 0 Å². The average Bonchev–Trinajstić information content (AvgIpc) is 2.59. The monoisotopic (exact) mass is 392 g/mol. The molecule has 1 aliphatic heterocycles. The van der Waals surface area contributed by atoms with Gasteiger partial charge in [0.05, 0.1) is 24.7 Å². The molecule has 1 aromatic rings. The highest BCUT2D eigenvalue weighted by Gasteiger charge is 2.30. The predicted octanol–water partition coefficient (Wildman–Crippen LogP) is 0.587. The third kappa shape index (κ3) is 4.45. The molecule has 0 aliphatic carbocycles. The minimum Gasteiger partial charge on any atom is -0.405 e. The van der Waals surface area contributed by atoms with Crippen molar-refractivity contribution in [3.05, 3.63) is 42.6 Å². The number of aromatic nitrogens is 2. The summed E-state index contributed by atoms with van der Waals surface area (Å²) in [5.41, 5.74) is 6.68. The number of nitrogens with one attached hydrogen (secondary N) is 1. The Hall–Kier alpha value is -2.88. The lowest BCUT2D eigenvalue weighted by molar-refractivity contribution is -0.117. The van der Waals surface area contributed by atoms with E-state index < -0.39 is 10.0 Å². The van der Waals surface area contributed by atoms with Gasteiger partial charge in [0.2, 0.25) is 15.9 Å². The number of carbonyl (C=O) groups is 1. The highest BCUT2D eigenvalue weighted by Crippen LogP contribution is 2.33. The normalized spacial score (nSPS) is 15.8. The second-order valence-corrected chi connectivity index (χ2v) is 8.09. The van der Waals surface area contributed by atoms with Crippen LogP contribution in [0.25, 0.3) is 5.57 Å². The van der Waals surface area contributed by atoms with Gasteiger partial charge in [-0.05, 0) is 32.2 Å². The fraction of sp³-hybridized carbons (Fsp3) is 0.353. The maximum absolute atomic E-state index is 12.2. The quantitative estimate of drug-likeness (QED) is 0.679. The largest absolute Gasteiger partial charge is 0.405 e. The van der Waals surface area contributed by atoms with Crippen molar-refractivity contribution < 1.29 is 13.2 Å². The summed E-state index contributed by atoms with van der Waals surface area (Å²) < 4.78 is 25.7. The third-order valence-corrected chi connectivity index (χ3v) is 4.57. The predicted molar refractivity (Wildman–Crippen MR) is 106 cm³/mol. The molecule has 0 aromatic carbocycles. The molecule has 1 amide bonds. The summed E-state index contributed by atoms with van der Waals surface area (Å²) in [6.07, 6.45) is 6.69. The van der Waals surface area contributed by atoms with Crippen LogP contribution in [0.5, 0.6) is 0 Å². The Bertz CT molecular complexity index is 921. The van der Waals surface area contributed by atoms with Gasteiger partial charge in [0.1, 0.15) is 5.69 Å². The van der Waals surface area contributed by atoms with E-state index in [0.29, 0.717) is 17.1 Å². The van der Waals surface area contributed by atoms with Crippen molar-refractivity contribution >= 4 is 33.0 Å². The first-order chi connectivity index (χ1) is 12.6. The molecule has 3 N–H and O–H groups in total. The fourth-order valence-electron chi connectivity index (χ4n) is 2.62. The van der Waals surface area contributed by atoms with Gasteiger partial charge in [-0.25, -0.2) is 18.4 Å². The van der Waals surface area contributed by atoms with Gasteiger partial charge in [0.15, 0.2) is 11.6 Å². The summed E-state index contributed by atoms with van der Waals surface area (Å²) in [5.74, 6) is 0.786. The summed E-state index contributed by atoms with van der Waals surface area (Å²) in [5, 5.41) is 0. The van der Waals surface area contributed by atoms with Crippen LogP contribution in [0, 0.1) is 0 Å². The van der Waals surface area contributed by atoms with Crippen LogP contribution in [-0.4, -0.2) is 50.2 Å². The van der Waals surface area contributed by atoms with Crippen molar-refractivity contribution in [2.24, 2.45) is 5.73 Å². The van der Waals surface area contributed by atoms with Crippen molar-refractivity contribution in [2.45, 2.75) is 19.9 Å². The minimum absolute atomic E-state index is 0.0367. The Morgan fingerprint density at radius 1 is 1.44 bits per heavy atom. The SMILES string of the molecule is C=C/C(NS(C)(=O)=O)=C(\C=C/N)c1ncc2c(n1)N(C(C)C)CC(=O)N2C. The maximum Gasteiger partial charge on any atom is 0.246 e. The smallest absolute Gasteiger partial charge is 0.246 e. The van der Waals surface area contributed by atoms with Gasteiger partial charge in [-0.3, -0.25) is 9.52 Å². The van der Waals surface area contributed by atoms with Crippen LogP contribution in [0.2, 0.25) is 0 Å². The molecule has 10 heteroatoms. The van der Waals surface area contributed by atoms with Gasteiger partial charge >= 0.3 is 0 Å². The molecule has 9 nitrogen and oxygen atoms in total. The molecule has 0 fully saturated rings. The average molecular weight is 392 g/mol. The second kappa shape index (κ2) is 7.78. The number of rotatable bonds is 6. The Morgan fingerprint density at radius 3 is 2.63 bits per heavy atom. The summed E-state index contributed by atoms with van der Waals surface area (Å²) in [7, 11) is -1.87. The van der Waals surface area contributed by atoms with Gasteiger partial charge < -0.3 is 15.5 Å². The number of likely N-dealkylation sites (N-methyl/N-ethyl adjacent to an activating group) is 1. The van der Waals surface area contributed by atoms with Gasteiger partial charge in [-0.15, -0.1) is 0 Å². The number of nitrogens with zero attached hydrogens (tertiary/aromatic N) is 4. The molecule has 27 heavy (non-hydrogen) atoms. The fourth-order valence-corrected chi connectivity index (χ4v) is 3.21. The maximum atomic E-state index is 12.2. The van der Waals surface area contributed by atoms with Crippen LogP contribution in [0.4, 0.5) is 11.5 Å². The van der Waals surface area contributed by atoms with Crippen LogP contribution in [0.1, 0.15) is 19.7 Å². The zero-order chi connectivity index (χ0) is 20.4. The van der Waals surface area contributed by atoms with E-state index in [9.17, 15) is 13.2 Å². The van der Waals surface area contributed by atoms with Crippen molar-refractivity contribution in [2.75, 3.05) is 29.6 Å². The standard InChI is InChI=1S/C17H24N6O3S/c1-6-13(21-27(5,25)26)12(7-8-18)16-19-9-14-17(20-16)23(11(2)3)10-15(24)22(14)4/h6-9,11,21H,1,10,18H2,2-5H3/b8-7-,13-12-. The number of carbonyl (C=O) groups excluding carboxylic acids is 1. The second-order valence-electron chi connectivity index (χ2n) is 6.34.